The van der Waals surface area contributed by atoms with Crippen LogP contribution in [-0.2, 0) is 23.1 Å². The highest BCUT2D eigenvalue weighted by atomic mass is 32.2. The van der Waals surface area contributed by atoms with E-state index in [1.54, 1.807) is 13.0 Å². The maximum atomic E-state index is 13.4. The average Bonchev–Trinajstić information content (AvgIpc) is 2.74. The highest BCUT2D eigenvalue weighted by Crippen LogP contribution is 2.35. The summed E-state index contributed by atoms with van der Waals surface area (Å²) in [6.45, 7) is 3.07. The molecule has 3 rings (SSSR count). The van der Waals surface area contributed by atoms with E-state index in [4.69, 9.17) is 11.5 Å². The van der Waals surface area contributed by atoms with Gasteiger partial charge in [0.15, 0.2) is 5.82 Å². The molecule has 12 heteroatoms. The van der Waals surface area contributed by atoms with Gasteiger partial charge in [-0.25, -0.2) is 13.1 Å². The molecular weight excluding hydrogens is 471 g/mol. The van der Waals surface area contributed by atoms with Gasteiger partial charge in [0, 0.05) is 24.2 Å². The smallest absolute Gasteiger partial charge is 0.402 e. The summed E-state index contributed by atoms with van der Waals surface area (Å²) < 4.78 is 64.5. The summed E-state index contributed by atoms with van der Waals surface area (Å²) in [6.07, 6.45) is -2.29. The lowest BCUT2D eigenvalue weighted by Gasteiger charge is -2.24. The number of allylic oxidation sites excluding steroid dienone is 1. The predicted octanol–water partition coefficient (Wildman–Crippen LogP) is 2.99. The third-order valence-electron chi connectivity index (χ3n) is 6.16. The van der Waals surface area contributed by atoms with Crippen molar-refractivity contribution in [3.63, 3.8) is 0 Å². The van der Waals surface area contributed by atoms with E-state index in [2.05, 4.69) is 10.4 Å². The third kappa shape index (κ3) is 5.37. The highest BCUT2D eigenvalue weighted by Gasteiger charge is 2.33. The van der Waals surface area contributed by atoms with Gasteiger partial charge in [-0.3, -0.25) is 4.79 Å². The Labute approximate surface area is 195 Å². The molecule has 1 aliphatic rings. The van der Waals surface area contributed by atoms with Crippen LogP contribution in [0.2, 0.25) is 0 Å². The number of nitrogen functional groups attached to an aromatic ring is 1. The molecule has 186 valence electrons. The molecule has 1 aliphatic heterocycles. The van der Waals surface area contributed by atoms with E-state index >= 15 is 0 Å². The van der Waals surface area contributed by atoms with Crippen LogP contribution >= 0.6 is 0 Å². The summed E-state index contributed by atoms with van der Waals surface area (Å²) in [5.41, 5.74) is 12.0. The number of halogens is 3. The van der Waals surface area contributed by atoms with Crippen LogP contribution in [0, 0.1) is 12.8 Å². The molecule has 0 amide bonds. The summed E-state index contributed by atoms with van der Waals surface area (Å²) in [5.74, 6) is 0.0132. The van der Waals surface area contributed by atoms with Crippen molar-refractivity contribution in [2.24, 2.45) is 18.7 Å². The van der Waals surface area contributed by atoms with Crippen LogP contribution in [0.5, 0.6) is 0 Å². The Kier molecular flexibility index (Phi) is 7.02. The number of anilines is 2. The van der Waals surface area contributed by atoms with Crippen molar-refractivity contribution in [3.05, 3.63) is 56.5 Å². The van der Waals surface area contributed by atoms with Crippen molar-refractivity contribution in [1.82, 2.24) is 9.78 Å². The molecule has 2 aromatic rings. The van der Waals surface area contributed by atoms with Crippen LogP contribution in [0.4, 0.5) is 24.7 Å². The van der Waals surface area contributed by atoms with Crippen LogP contribution in [0.3, 0.4) is 0 Å². The lowest BCUT2D eigenvalue weighted by molar-refractivity contribution is -0.138. The topological polar surface area (TPSA) is 133 Å². The van der Waals surface area contributed by atoms with Gasteiger partial charge in [-0.2, -0.15) is 18.3 Å². The van der Waals surface area contributed by atoms with Crippen LogP contribution in [0.1, 0.15) is 48.1 Å². The van der Waals surface area contributed by atoms with Crippen LogP contribution in [-0.4, -0.2) is 29.7 Å². The fourth-order valence-corrected chi connectivity index (χ4v) is 5.63. The maximum Gasteiger partial charge on any atom is 0.416 e. The number of nitrogens with two attached hydrogens (primary N) is 2. The van der Waals surface area contributed by atoms with Gasteiger partial charge >= 0.3 is 6.18 Å². The second-order valence-corrected chi connectivity index (χ2v) is 10.9. The molecule has 8 nitrogen and oxygen atoms in total. The molecule has 1 saturated heterocycles. The minimum Gasteiger partial charge on any atom is -0.402 e. The number of hydrogen-bond donors (Lipinski definition) is 3. The normalized spacial score (nSPS) is 18.0. The number of benzene rings is 1. The first-order chi connectivity index (χ1) is 15.7. The monoisotopic (exact) mass is 499 g/mol. The van der Waals surface area contributed by atoms with Gasteiger partial charge in [-0.1, -0.05) is 12.1 Å². The first-order valence-electron chi connectivity index (χ1n) is 10.7. The number of rotatable bonds is 5. The Balaban J connectivity index is 1.99. The number of nitrogens with zero attached hydrogens (tertiary/aromatic N) is 2. The fraction of sp³-hybridized carbons (Fsp3) is 0.455. The Morgan fingerprint density at radius 1 is 1.29 bits per heavy atom. The third-order valence-corrected chi connectivity index (χ3v) is 7.87. The van der Waals surface area contributed by atoms with Crippen LogP contribution in [0.25, 0.3) is 6.08 Å². The van der Waals surface area contributed by atoms with Crippen molar-refractivity contribution >= 4 is 27.4 Å². The SMILES string of the molecule is Cc1c([C@@H](C)Nc2nn(C)c(=O)c(N)c2/C=C(\N)C2CCS(=O)(=O)CC2)cccc1C(F)(F)F. The molecule has 1 aromatic carbocycles. The zero-order chi connectivity index (χ0) is 25.4. The van der Waals surface area contributed by atoms with Crippen molar-refractivity contribution < 1.29 is 21.6 Å². The largest absolute Gasteiger partial charge is 0.416 e. The number of alkyl halides is 3. The summed E-state index contributed by atoms with van der Waals surface area (Å²) in [5, 5.41) is 7.28. The lowest BCUT2D eigenvalue weighted by Crippen LogP contribution is -2.28. The molecule has 0 saturated carbocycles. The molecule has 0 radical (unpaired) electrons. The summed E-state index contributed by atoms with van der Waals surface area (Å²) in [6, 6.07) is 3.33. The van der Waals surface area contributed by atoms with Gasteiger partial charge in [-0.15, -0.1) is 0 Å². The van der Waals surface area contributed by atoms with E-state index in [9.17, 15) is 26.4 Å². The number of aryl methyl sites for hydroxylation is 1. The highest BCUT2D eigenvalue weighted by molar-refractivity contribution is 7.91. The molecule has 0 bridgehead atoms. The first kappa shape index (κ1) is 25.6. The number of sulfone groups is 1. The zero-order valence-electron chi connectivity index (χ0n) is 19.1. The molecule has 0 spiro atoms. The maximum absolute atomic E-state index is 13.4. The predicted molar refractivity (Wildman–Crippen MR) is 126 cm³/mol. The van der Waals surface area contributed by atoms with Crippen LogP contribution < -0.4 is 22.3 Å². The Bertz CT molecular complexity index is 1270. The second kappa shape index (κ2) is 9.32. The summed E-state index contributed by atoms with van der Waals surface area (Å²) in [4.78, 5) is 12.4. The molecule has 34 heavy (non-hydrogen) atoms. The number of hydrogen-bond acceptors (Lipinski definition) is 7. The average molecular weight is 500 g/mol. The molecule has 2 heterocycles. The minimum atomic E-state index is -4.49. The van der Waals surface area contributed by atoms with E-state index in [0.717, 1.165) is 10.7 Å². The van der Waals surface area contributed by atoms with Gasteiger partial charge < -0.3 is 16.8 Å². The summed E-state index contributed by atoms with van der Waals surface area (Å²) in [7, 11) is -1.67. The molecule has 1 aromatic heterocycles. The molecule has 0 unspecified atom stereocenters. The second-order valence-electron chi connectivity index (χ2n) is 8.56. The number of nitrogens with one attached hydrogen (secondary N) is 1. The number of aromatic nitrogens is 2. The zero-order valence-corrected chi connectivity index (χ0v) is 19.9. The van der Waals surface area contributed by atoms with Crippen LogP contribution in [0.15, 0.2) is 28.7 Å². The lowest BCUT2D eigenvalue weighted by atomic mass is 9.96. The van der Waals surface area contributed by atoms with Gasteiger partial charge in [-0.05, 0) is 50.0 Å². The first-order valence-corrected chi connectivity index (χ1v) is 12.5. The van der Waals surface area contributed by atoms with E-state index in [1.165, 1.54) is 26.1 Å². The molecule has 1 fully saturated rings. The van der Waals surface area contributed by atoms with Crippen molar-refractivity contribution in [2.45, 2.75) is 38.9 Å². The van der Waals surface area contributed by atoms with Gasteiger partial charge in [0.1, 0.15) is 15.5 Å². The van der Waals surface area contributed by atoms with Gasteiger partial charge in [0.2, 0.25) is 0 Å². The molecule has 5 N–H and O–H groups in total. The van der Waals surface area contributed by atoms with E-state index in [-0.39, 0.29) is 40.1 Å². The Morgan fingerprint density at radius 3 is 2.50 bits per heavy atom. The minimum absolute atomic E-state index is 0.0213. The standard InChI is InChI=1S/C22H28F3N5O3S/c1-12-15(5-4-6-17(12)22(23,24)25)13(2)28-20-16(19(27)21(31)30(3)29-20)11-18(26)14-7-9-34(32,33)10-8-14/h4-6,11,13-14H,7-10,26-27H2,1-3H3,(H,28,29)/b18-11-/t13-/m1/s1. The molecular formula is C22H28F3N5O3S. The van der Waals surface area contributed by atoms with E-state index in [1.807, 2.05) is 0 Å². The molecule has 0 aliphatic carbocycles. The summed E-state index contributed by atoms with van der Waals surface area (Å²) >= 11 is 0. The van der Waals surface area contributed by atoms with Crippen molar-refractivity contribution in [1.29, 1.82) is 0 Å². The van der Waals surface area contributed by atoms with E-state index in [0.29, 0.717) is 24.1 Å². The quantitative estimate of drug-likeness (QED) is 0.576. The Hall–Kier alpha value is -3.02. The molecule has 1 atom stereocenters. The van der Waals surface area contributed by atoms with Gasteiger partial charge in [0.05, 0.1) is 23.1 Å². The van der Waals surface area contributed by atoms with Crippen molar-refractivity contribution in [2.75, 3.05) is 22.6 Å². The van der Waals surface area contributed by atoms with E-state index < -0.39 is 33.2 Å². The Morgan fingerprint density at radius 2 is 1.91 bits per heavy atom. The fourth-order valence-electron chi connectivity index (χ4n) is 4.14. The van der Waals surface area contributed by atoms with Crippen molar-refractivity contribution in [3.8, 4) is 0 Å². The van der Waals surface area contributed by atoms with Gasteiger partial charge in [0.25, 0.3) is 5.56 Å².